The third-order valence-corrected chi connectivity index (χ3v) is 3.42. The summed E-state index contributed by atoms with van der Waals surface area (Å²) < 4.78 is 15.9. The maximum atomic E-state index is 11.6. The molecule has 0 aromatic heterocycles. The van der Waals surface area contributed by atoms with E-state index in [0.29, 0.717) is 17.9 Å². The number of fused-ring (bicyclic) bond motifs is 1. The molecule has 0 fully saturated rings. The molecule has 104 valence electrons. The van der Waals surface area contributed by atoms with Gasteiger partial charge in [0.25, 0.3) is 0 Å². The van der Waals surface area contributed by atoms with Crippen LogP contribution in [0.2, 0.25) is 0 Å². The molecule has 0 aliphatic carbocycles. The van der Waals surface area contributed by atoms with Crippen LogP contribution in [0.1, 0.15) is 30.4 Å². The highest BCUT2D eigenvalue weighted by molar-refractivity contribution is 6.30. The molecule has 19 heavy (non-hydrogen) atoms. The molecule has 0 saturated carbocycles. The van der Waals surface area contributed by atoms with Crippen molar-refractivity contribution in [3.8, 4) is 11.5 Å². The number of methoxy groups -OCH3 is 1. The summed E-state index contributed by atoms with van der Waals surface area (Å²) in [6.07, 6.45) is 0.965. The SMILES string of the molecule is CCOc1cc2c(cc1C(Cl)C(=O)OC)OC(C)C2. The van der Waals surface area contributed by atoms with E-state index in [1.54, 1.807) is 6.07 Å². The number of carbonyl (C=O) groups is 1. The van der Waals surface area contributed by atoms with Crippen molar-refractivity contribution in [1.29, 1.82) is 0 Å². The first-order valence-corrected chi connectivity index (χ1v) is 6.68. The summed E-state index contributed by atoms with van der Waals surface area (Å²) in [5, 5.41) is -0.892. The molecule has 1 heterocycles. The van der Waals surface area contributed by atoms with E-state index in [4.69, 9.17) is 21.1 Å². The fourth-order valence-corrected chi connectivity index (χ4v) is 2.42. The largest absolute Gasteiger partial charge is 0.494 e. The topological polar surface area (TPSA) is 44.8 Å². The molecular weight excluding hydrogens is 268 g/mol. The number of alkyl halides is 1. The summed E-state index contributed by atoms with van der Waals surface area (Å²) in [6, 6.07) is 3.68. The van der Waals surface area contributed by atoms with Crippen molar-refractivity contribution in [3.05, 3.63) is 23.3 Å². The van der Waals surface area contributed by atoms with Gasteiger partial charge in [0.2, 0.25) is 0 Å². The molecule has 1 aromatic carbocycles. The monoisotopic (exact) mass is 284 g/mol. The zero-order chi connectivity index (χ0) is 14.0. The molecule has 0 spiro atoms. The van der Waals surface area contributed by atoms with E-state index in [0.717, 1.165) is 17.7 Å². The highest BCUT2D eigenvalue weighted by atomic mass is 35.5. The van der Waals surface area contributed by atoms with Gasteiger partial charge in [-0.1, -0.05) is 0 Å². The van der Waals surface area contributed by atoms with Crippen molar-refractivity contribution in [3.63, 3.8) is 0 Å². The Hall–Kier alpha value is -1.42. The van der Waals surface area contributed by atoms with Crippen LogP contribution in [0, 0.1) is 0 Å². The molecule has 0 bridgehead atoms. The van der Waals surface area contributed by atoms with Gasteiger partial charge >= 0.3 is 5.97 Å². The van der Waals surface area contributed by atoms with Crippen molar-refractivity contribution in [2.75, 3.05) is 13.7 Å². The summed E-state index contributed by atoms with van der Waals surface area (Å²) >= 11 is 6.13. The second-order valence-electron chi connectivity index (χ2n) is 4.45. The number of benzene rings is 1. The Morgan fingerprint density at radius 1 is 1.58 bits per heavy atom. The second kappa shape index (κ2) is 5.70. The van der Waals surface area contributed by atoms with Crippen LogP contribution in [0.4, 0.5) is 0 Å². The number of carbonyl (C=O) groups excluding carboxylic acids is 1. The third kappa shape index (κ3) is 2.78. The van der Waals surface area contributed by atoms with E-state index in [1.165, 1.54) is 7.11 Å². The first-order chi connectivity index (χ1) is 9.06. The second-order valence-corrected chi connectivity index (χ2v) is 4.89. The molecule has 4 nitrogen and oxygen atoms in total. The van der Waals surface area contributed by atoms with E-state index < -0.39 is 11.3 Å². The van der Waals surface area contributed by atoms with Crippen LogP contribution in [-0.2, 0) is 16.0 Å². The highest BCUT2D eigenvalue weighted by Crippen LogP contribution is 2.39. The molecule has 0 N–H and O–H groups in total. The first-order valence-electron chi connectivity index (χ1n) is 6.25. The predicted octanol–water partition coefficient (Wildman–Crippen LogP) is 2.86. The summed E-state index contributed by atoms with van der Waals surface area (Å²) in [5.74, 6) is 0.874. The van der Waals surface area contributed by atoms with Crippen LogP contribution in [0.5, 0.6) is 11.5 Å². The van der Waals surface area contributed by atoms with Gasteiger partial charge in [-0.2, -0.15) is 0 Å². The van der Waals surface area contributed by atoms with Crippen LogP contribution < -0.4 is 9.47 Å². The van der Waals surface area contributed by atoms with Gasteiger partial charge in [0.15, 0.2) is 5.38 Å². The molecule has 2 rings (SSSR count). The number of rotatable bonds is 4. The summed E-state index contributed by atoms with van der Waals surface area (Å²) in [6.45, 7) is 4.39. The van der Waals surface area contributed by atoms with Crippen molar-refractivity contribution in [1.82, 2.24) is 0 Å². The number of ether oxygens (including phenoxy) is 3. The lowest BCUT2D eigenvalue weighted by Gasteiger charge is -2.15. The van der Waals surface area contributed by atoms with Crippen LogP contribution in [0.3, 0.4) is 0 Å². The lowest BCUT2D eigenvalue weighted by atomic mass is 10.0. The molecular formula is C14H17ClO4. The Labute approximate surface area is 117 Å². The van der Waals surface area contributed by atoms with Crippen molar-refractivity contribution in [2.45, 2.75) is 31.7 Å². The standard InChI is InChI=1S/C14H17ClO4/c1-4-18-12-6-9-5-8(2)19-11(9)7-10(12)13(15)14(16)17-3/h6-8,13H,4-5H2,1-3H3. The fourth-order valence-electron chi connectivity index (χ4n) is 2.16. The maximum absolute atomic E-state index is 11.6. The van der Waals surface area contributed by atoms with E-state index in [2.05, 4.69) is 4.74 Å². The lowest BCUT2D eigenvalue weighted by molar-refractivity contribution is -0.140. The average Bonchev–Trinajstić information content (AvgIpc) is 2.75. The molecule has 0 saturated heterocycles. The minimum absolute atomic E-state index is 0.131. The van der Waals surface area contributed by atoms with Gasteiger partial charge in [-0.05, 0) is 26.0 Å². The van der Waals surface area contributed by atoms with Gasteiger partial charge < -0.3 is 14.2 Å². The number of esters is 1. The first kappa shape index (κ1) is 14.0. The van der Waals surface area contributed by atoms with E-state index in [9.17, 15) is 4.79 Å². The normalized spacial score (nSPS) is 18.4. The number of halogens is 1. The van der Waals surface area contributed by atoms with Gasteiger partial charge in [0, 0.05) is 17.5 Å². The molecule has 2 atom stereocenters. The van der Waals surface area contributed by atoms with E-state index in [1.807, 2.05) is 19.9 Å². The molecule has 1 aromatic rings. The minimum Gasteiger partial charge on any atom is -0.494 e. The molecule has 5 heteroatoms. The van der Waals surface area contributed by atoms with E-state index >= 15 is 0 Å². The van der Waals surface area contributed by atoms with Crippen molar-refractivity contribution < 1.29 is 19.0 Å². The quantitative estimate of drug-likeness (QED) is 0.630. The van der Waals surface area contributed by atoms with Crippen LogP contribution >= 0.6 is 11.6 Å². The summed E-state index contributed by atoms with van der Waals surface area (Å²) in [5.41, 5.74) is 1.66. The third-order valence-electron chi connectivity index (χ3n) is 3.01. The van der Waals surface area contributed by atoms with Crippen LogP contribution in [0.15, 0.2) is 12.1 Å². The fraction of sp³-hybridized carbons (Fsp3) is 0.500. The highest BCUT2D eigenvalue weighted by Gasteiger charge is 2.27. The van der Waals surface area contributed by atoms with E-state index in [-0.39, 0.29) is 6.10 Å². The molecule has 0 radical (unpaired) electrons. The number of hydrogen-bond acceptors (Lipinski definition) is 4. The predicted molar refractivity (Wildman–Crippen MR) is 72.0 cm³/mol. The minimum atomic E-state index is -0.892. The Kier molecular flexibility index (Phi) is 4.20. The Bertz CT molecular complexity index is 487. The van der Waals surface area contributed by atoms with Gasteiger partial charge in [-0.25, -0.2) is 0 Å². The van der Waals surface area contributed by atoms with Gasteiger partial charge in [-0.3, -0.25) is 4.79 Å². The Balaban J connectivity index is 2.41. The molecule has 1 aliphatic heterocycles. The van der Waals surface area contributed by atoms with Gasteiger partial charge in [-0.15, -0.1) is 11.6 Å². The van der Waals surface area contributed by atoms with Crippen molar-refractivity contribution >= 4 is 17.6 Å². The smallest absolute Gasteiger partial charge is 0.328 e. The zero-order valence-corrected chi connectivity index (χ0v) is 12.0. The number of hydrogen-bond donors (Lipinski definition) is 0. The van der Waals surface area contributed by atoms with Gasteiger partial charge in [0.1, 0.15) is 17.6 Å². The maximum Gasteiger partial charge on any atom is 0.328 e. The van der Waals surface area contributed by atoms with Crippen LogP contribution in [0.25, 0.3) is 0 Å². The molecule has 2 unspecified atom stereocenters. The van der Waals surface area contributed by atoms with Crippen LogP contribution in [-0.4, -0.2) is 25.8 Å². The lowest BCUT2D eigenvalue weighted by Crippen LogP contribution is -2.10. The summed E-state index contributed by atoms with van der Waals surface area (Å²) in [4.78, 5) is 11.6. The average molecular weight is 285 g/mol. The Morgan fingerprint density at radius 2 is 2.32 bits per heavy atom. The summed E-state index contributed by atoms with van der Waals surface area (Å²) in [7, 11) is 1.31. The molecule has 1 aliphatic rings. The molecule has 0 amide bonds. The van der Waals surface area contributed by atoms with Crippen molar-refractivity contribution in [2.24, 2.45) is 0 Å². The Morgan fingerprint density at radius 3 is 2.95 bits per heavy atom. The van der Waals surface area contributed by atoms with Gasteiger partial charge in [0.05, 0.1) is 13.7 Å². The zero-order valence-electron chi connectivity index (χ0n) is 11.2.